The number of anilines is 1. The van der Waals surface area contributed by atoms with Crippen LogP contribution in [0.5, 0.6) is 0 Å². The minimum absolute atomic E-state index is 0.297. The van der Waals surface area contributed by atoms with Crippen LogP contribution >= 0.6 is 0 Å². The van der Waals surface area contributed by atoms with Gasteiger partial charge in [0, 0.05) is 25.3 Å². The van der Waals surface area contributed by atoms with Crippen molar-refractivity contribution in [3.05, 3.63) is 30.1 Å². The molecule has 1 atom stereocenters. The van der Waals surface area contributed by atoms with E-state index in [1.54, 1.807) is 19.1 Å². The summed E-state index contributed by atoms with van der Waals surface area (Å²) in [6, 6.07) is 6.12. The van der Waals surface area contributed by atoms with Crippen LogP contribution in [0, 0.1) is 5.82 Å². The number of carbonyl (C=O) groups is 1. The summed E-state index contributed by atoms with van der Waals surface area (Å²) >= 11 is 0. The van der Waals surface area contributed by atoms with Gasteiger partial charge in [0.15, 0.2) is 0 Å². The van der Waals surface area contributed by atoms with Crippen molar-refractivity contribution < 1.29 is 18.7 Å². The van der Waals surface area contributed by atoms with E-state index in [2.05, 4.69) is 5.32 Å². The third kappa shape index (κ3) is 3.48. The molecular formula is C15H20FNO3. The first-order valence-electron chi connectivity index (χ1n) is 6.95. The molecular weight excluding hydrogens is 261 g/mol. The topological polar surface area (TPSA) is 47.6 Å². The maximum atomic E-state index is 13.3. The third-order valence-corrected chi connectivity index (χ3v) is 3.44. The van der Waals surface area contributed by atoms with E-state index < -0.39 is 5.54 Å². The number of nitrogens with one attached hydrogen (secondary N) is 1. The van der Waals surface area contributed by atoms with Crippen LogP contribution in [0.2, 0.25) is 0 Å². The van der Waals surface area contributed by atoms with Gasteiger partial charge in [0.2, 0.25) is 0 Å². The van der Waals surface area contributed by atoms with Gasteiger partial charge in [-0.15, -0.1) is 0 Å². The van der Waals surface area contributed by atoms with Crippen LogP contribution in [0.1, 0.15) is 26.2 Å². The van der Waals surface area contributed by atoms with Gasteiger partial charge in [0.1, 0.15) is 11.4 Å². The quantitative estimate of drug-likeness (QED) is 0.862. The van der Waals surface area contributed by atoms with Crippen molar-refractivity contribution in [1.29, 1.82) is 0 Å². The fourth-order valence-electron chi connectivity index (χ4n) is 2.44. The molecule has 0 aliphatic carbocycles. The fourth-order valence-corrected chi connectivity index (χ4v) is 2.44. The first-order valence-corrected chi connectivity index (χ1v) is 6.95. The van der Waals surface area contributed by atoms with E-state index in [4.69, 9.17) is 9.47 Å². The Morgan fingerprint density at radius 2 is 2.30 bits per heavy atom. The van der Waals surface area contributed by atoms with E-state index in [0.29, 0.717) is 38.3 Å². The van der Waals surface area contributed by atoms with Gasteiger partial charge < -0.3 is 14.8 Å². The smallest absolute Gasteiger partial charge is 0.331 e. The zero-order valence-electron chi connectivity index (χ0n) is 11.7. The second-order valence-electron chi connectivity index (χ2n) is 4.90. The number of carbonyl (C=O) groups excluding carboxylic acids is 1. The number of esters is 1. The average Bonchev–Trinajstić information content (AvgIpc) is 2.66. The van der Waals surface area contributed by atoms with Crippen LogP contribution in [0.15, 0.2) is 24.3 Å². The Hall–Kier alpha value is -1.62. The molecule has 1 N–H and O–H groups in total. The van der Waals surface area contributed by atoms with Crippen LogP contribution in [0.3, 0.4) is 0 Å². The highest BCUT2D eigenvalue weighted by atomic mass is 19.1. The van der Waals surface area contributed by atoms with Crippen molar-refractivity contribution in [2.75, 3.05) is 25.1 Å². The summed E-state index contributed by atoms with van der Waals surface area (Å²) in [6.07, 6.45) is 1.89. The van der Waals surface area contributed by atoms with Gasteiger partial charge in [-0.25, -0.2) is 9.18 Å². The van der Waals surface area contributed by atoms with Crippen molar-refractivity contribution in [3.8, 4) is 0 Å². The highest BCUT2D eigenvalue weighted by molar-refractivity contribution is 5.84. The van der Waals surface area contributed by atoms with Crippen molar-refractivity contribution in [1.82, 2.24) is 0 Å². The van der Waals surface area contributed by atoms with Crippen LogP contribution < -0.4 is 5.32 Å². The van der Waals surface area contributed by atoms with Gasteiger partial charge >= 0.3 is 5.97 Å². The third-order valence-electron chi connectivity index (χ3n) is 3.44. The Morgan fingerprint density at radius 3 is 3.05 bits per heavy atom. The molecule has 20 heavy (non-hydrogen) atoms. The lowest BCUT2D eigenvalue weighted by atomic mass is 9.90. The zero-order chi connectivity index (χ0) is 14.4. The Labute approximate surface area is 118 Å². The molecule has 1 fully saturated rings. The highest BCUT2D eigenvalue weighted by Gasteiger charge is 2.40. The molecule has 1 aliphatic heterocycles. The maximum Gasteiger partial charge on any atom is 0.331 e. The highest BCUT2D eigenvalue weighted by Crippen LogP contribution is 2.28. The summed E-state index contributed by atoms with van der Waals surface area (Å²) < 4.78 is 23.9. The SMILES string of the molecule is CCOC(=O)C1(Nc2cccc(F)c2)CCCOCC1. The average molecular weight is 281 g/mol. The summed E-state index contributed by atoms with van der Waals surface area (Å²) in [5, 5.41) is 3.17. The number of hydrogen-bond acceptors (Lipinski definition) is 4. The molecule has 0 aromatic heterocycles. The van der Waals surface area contributed by atoms with Crippen molar-refractivity contribution in [3.63, 3.8) is 0 Å². The van der Waals surface area contributed by atoms with Gasteiger partial charge in [-0.2, -0.15) is 0 Å². The van der Waals surface area contributed by atoms with Crippen LogP contribution in [-0.4, -0.2) is 31.3 Å². The van der Waals surface area contributed by atoms with Gasteiger partial charge in [0.25, 0.3) is 0 Å². The molecule has 1 aromatic rings. The summed E-state index contributed by atoms with van der Waals surface area (Å²) in [7, 11) is 0. The van der Waals surface area contributed by atoms with Crippen molar-refractivity contribution in [2.24, 2.45) is 0 Å². The molecule has 4 nitrogen and oxygen atoms in total. The molecule has 2 rings (SSSR count). The predicted octanol–water partition coefficient (Wildman–Crippen LogP) is 2.74. The summed E-state index contributed by atoms with van der Waals surface area (Å²) in [5.74, 6) is -0.631. The van der Waals surface area contributed by atoms with Crippen LogP contribution in [0.25, 0.3) is 0 Å². The molecule has 1 unspecified atom stereocenters. The second kappa shape index (κ2) is 6.70. The van der Waals surface area contributed by atoms with Crippen molar-refractivity contribution in [2.45, 2.75) is 31.7 Å². The molecule has 0 radical (unpaired) electrons. The Bertz CT molecular complexity index is 456. The minimum Gasteiger partial charge on any atom is -0.464 e. The molecule has 0 saturated carbocycles. The van der Waals surface area contributed by atoms with Gasteiger partial charge in [-0.3, -0.25) is 0 Å². The summed E-state index contributed by atoms with van der Waals surface area (Å²) in [4.78, 5) is 12.3. The van der Waals surface area contributed by atoms with E-state index in [-0.39, 0.29) is 11.8 Å². The number of benzene rings is 1. The van der Waals surface area contributed by atoms with E-state index >= 15 is 0 Å². The molecule has 0 bridgehead atoms. The molecule has 1 saturated heterocycles. The lowest BCUT2D eigenvalue weighted by molar-refractivity contribution is -0.149. The molecule has 110 valence electrons. The van der Waals surface area contributed by atoms with Crippen LogP contribution in [-0.2, 0) is 14.3 Å². The van der Waals surface area contributed by atoms with Gasteiger partial charge in [-0.1, -0.05) is 6.07 Å². The van der Waals surface area contributed by atoms with E-state index in [0.717, 1.165) is 6.42 Å². The fraction of sp³-hybridized carbons (Fsp3) is 0.533. The lowest BCUT2D eigenvalue weighted by Crippen LogP contribution is -2.48. The van der Waals surface area contributed by atoms with E-state index in [1.807, 2.05) is 0 Å². The molecule has 1 aromatic carbocycles. The molecule has 5 heteroatoms. The molecule has 0 amide bonds. The molecule has 0 spiro atoms. The number of halogens is 1. The Morgan fingerprint density at radius 1 is 1.45 bits per heavy atom. The van der Waals surface area contributed by atoms with E-state index in [9.17, 15) is 9.18 Å². The standard InChI is InChI=1S/C15H20FNO3/c1-2-20-14(18)15(7-4-9-19-10-8-15)17-13-6-3-5-12(16)11-13/h3,5-6,11,17H,2,4,7-10H2,1H3. The number of rotatable bonds is 4. The molecule has 1 heterocycles. The van der Waals surface area contributed by atoms with Crippen LogP contribution in [0.4, 0.5) is 10.1 Å². The largest absolute Gasteiger partial charge is 0.464 e. The maximum absolute atomic E-state index is 13.3. The normalized spacial score (nSPS) is 22.9. The number of ether oxygens (including phenoxy) is 2. The lowest BCUT2D eigenvalue weighted by Gasteiger charge is -2.32. The summed E-state index contributed by atoms with van der Waals surface area (Å²) in [5.41, 5.74) is -0.250. The van der Waals surface area contributed by atoms with E-state index in [1.165, 1.54) is 12.1 Å². The monoisotopic (exact) mass is 281 g/mol. The Balaban J connectivity index is 2.23. The first-order chi connectivity index (χ1) is 9.66. The van der Waals surface area contributed by atoms with Gasteiger partial charge in [-0.05, 0) is 38.0 Å². The van der Waals surface area contributed by atoms with Gasteiger partial charge in [0.05, 0.1) is 6.61 Å². The first kappa shape index (κ1) is 14.8. The zero-order valence-corrected chi connectivity index (χ0v) is 11.7. The Kier molecular flexibility index (Phi) is 4.95. The molecule has 1 aliphatic rings. The minimum atomic E-state index is -0.833. The predicted molar refractivity (Wildman–Crippen MR) is 74.1 cm³/mol. The number of hydrogen-bond donors (Lipinski definition) is 1. The second-order valence-corrected chi connectivity index (χ2v) is 4.90. The van der Waals surface area contributed by atoms with Crippen molar-refractivity contribution >= 4 is 11.7 Å². The summed E-state index contributed by atoms with van der Waals surface area (Å²) in [6.45, 7) is 3.22.